The third kappa shape index (κ3) is 6.82. The third-order valence-corrected chi connectivity index (χ3v) is 4.30. The fourth-order valence-electron chi connectivity index (χ4n) is 3.01. The predicted molar refractivity (Wildman–Crippen MR) is 83.2 cm³/mol. The van der Waals surface area contributed by atoms with E-state index in [1.54, 1.807) is 0 Å². The number of nitrogens with one attached hydrogen (secondary N) is 2. The van der Waals surface area contributed by atoms with Crippen LogP contribution in [0.25, 0.3) is 0 Å². The van der Waals surface area contributed by atoms with Crippen LogP contribution in [0, 0.1) is 17.8 Å². The second-order valence-corrected chi connectivity index (χ2v) is 6.72. The van der Waals surface area contributed by atoms with Gasteiger partial charge in [0.05, 0.1) is 5.92 Å². The molecular weight excluding hydrogens is 268 g/mol. The molecule has 0 aliphatic heterocycles. The van der Waals surface area contributed by atoms with Gasteiger partial charge in [-0.2, -0.15) is 0 Å². The highest BCUT2D eigenvalue weighted by Crippen LogP contribution is 2.31. The number of urea groups is 1. The Hall–Kier alpha value is -1.26. The number of aliphatic carboxylic acids is 1. The van der Waals surface area contributed by atoms with Gasteiger partial charge in [-0.1, -0.05) is 33.1 Å². The predicted octanol–water partition coefficient (Wildman–Crippen LogP) is 3.00. The van der Waals surface area contributed by atoms with Crippen molar-refractivity contribution in [2.24, 2.45) is 17.8 Å². The summed E-state index contributed by atoms with van der Waals surface area (Å²) in [6.45, 7) is 6.87. The van der Waals surface area contributed by atoms with E-state index in [-0.39, 0.29) is 23.9 Å². The molecule has 3 N–H and O–H groups in total. The van der Waals surface area contributed by atoms with E-state index in [2.05, 4.69) is 24.5 Å². The third-order valence-electron chi connectivity index (χ3n) is 4.30. The summed E-state index contributed by atoms with van der Waals surface area (Å²) in [6.07, 6.45) is 5.83. The maximum Gasteiger partial charge on any atom is 0.315 e. The van der Waals surface area contributed by atoms with Crippen LogP contribution in [0.15, 0.2) is 0 Å². The second-order valence-electron chi connectivity index (χ2n) is 6.72. The smallest absolute Gasteiger partial charge is 0.315 e. The van der Waals surface area contributed by atoms with E-state index >= 15 is 0 Å². The molecule has 5 heteroatoms. The number of carboxylic acid groups (broad SMARTS) is 1. The van der Waals surface area contributed by atoms with Crippen LogP contribution >= 0.6 is 0 Å². The summed E-state index contributed by atoms with van der Waals surface area (Å²) >= 11 is 0. The first kappa shape index (κ1) is 17.8. The van der Waals surface area contributed by atoms with Gasteiger partial charge in [-0.05, 0) is 38.0 Å². The van der Waals surface area contributed by atoms with Crippen molar-refractivity contribution in [2.45, 2.75) is 65.3 Å². The van der Waals surface area contributed by atoms with E-state index in [1.165, 1.54) is 6.42 Å². The molecule has 122 valence electrons. The molecule has 0 aromatic rings. The molecule has 0 bridgehead atoms. The van der Waals surface area contributed by atoms with Crippen LogP contribution in [0.4, 0.5) is 4.79 Å². The van der Waals surface area contributed by atoms with Crippen LogP contribution in [-0.2, 0) is 4.79 Å². The van der Waals surface area contributed by atoms with Crippen molar-refractivity contribution >= 4 is 12.0 Å². The standard InChI is InChI=1S/C16H30N2O3/c1-11(2)6-4-7-12(3)18-16(21)17-10-13-8-5-9-14(13)15(19)20/h11-14H,4-10H2,1-3H3,(H,19,20)(H2,17,18,21). The number of carbonyl (C=O) groups excluding carboxylic acids is 1. The summed E-state index contributed by atoms with van der Waals surface area (Å²) in [5, 5.41) is 14.9. The minimum absolute atomic E-state index is 0.0736. The van der Waals surface area contributed by atoms with E-state index in [4.69, 9.17) is 5.11 Å². The molecule has 3 unspecified atom stereocenters. The van der Waals surface area contributed by atoms with Gasteiger partial charge in [0.2, 0.25) is 0 Å². The number of rotatable bonds is 8. The maximum atomic E-state index is 11.8. The monoisotopic (exact) mass is 298 g/mol. The Morgan fingerprint density at radius 2 is 1.90 bits per heavy atom. The summed E-state index contributed by atoms with van der Waals surface area (Å²) in [5.41, 5.74) is 0. The minimum Gasteiger partial charge on any atom is -0.481 e. The first-order chi connectivity index (χ1) is 9.90. The fourth-order valence-corrected chi connectivity index (χ4v) is 3.01. The van der Waals surface area contributed by atoms with Gasteiger partial charge in [0.1, 0.15) is 0 Å². The molecular formula is C16H30N2O3. The second kappa shape index (κ2) is 8.90. The van der Waals surface area contributed by atoms with Crippen molar-refractivity contribution in [1.29, 1.82) is 0 Å². The van der Waals surface area contributed by atoms with Gasteiger partial charge in [-0.3, -0.25) is 4.79 Å². The van der Waals surface area contributed by atoms with Crippen molar-refractivity contribution in [3.63, 3.8) is 0 Å². The molecule has 1 aliphatic carbocycles. The molecule has 2 amide bonds. The zero-order chi connectivity index (χ0) is 15.8. The molecule has 1 rings (SSSR count). The zero-order valence-corrected chi connectivity index (χ0v) is 13.5. The summed E-state index contributed by atoms with van der Waals surface area (Å²) < 4.78 is 0. The fraction of sp³-hybridized carbons (Fsp3) is 0.875. The van der Waals surface area contributed by atoms with E-state index < -0.39 is 5.97 Å². The molecule has 1 saturated carbocycles. The normalized spacial score (nSPS) is 23.0. The number of hydrogen-bond donors (Lipinski definition) is 3. The van der Waals surface area contributed by atoms with Crippen LogP contribution in [0.2, 0.25) is 0 Å². The lowest BCUT2D eigenvalue weighted by Crippen LogP contribution is -2.43. The first-order valence-electron chi connectivity index (χ1n) is 8.17. The van der Waals surface area contributed by atoms with Crippen LogP contribution in [0.3, 0.4) is 0 Å². The molecule has 3 atom stereocenters. The van der Waals surface area contributed by atoms with Crippen molar-refractivity contribution in [3.05, 3.63) is 0 Å². The number of hydrogen-bond acceptors (Lipinski definition) is 2. The molecule has 1 aliphatic rings. The van der Waals surface area contributed by atoms with Gasteiger partial charge < -0.3 is 15.7 Å². The number of carbonyl (C=O) groups is 2. The highest BCUT2D eigenvalue weighted by Gasteiger charge is 2.32. The van der Waals surface area contributed by atoms with E-state index in [1.807, 2.05) is 6.92 Å². The van der Waals surface area contributed by atoms with Crippen molar-refractivity contribution in [2.75, 3.05) is 6.54 Å². The SMILES string of the molecule is CC(C)CCCC(C)NC(=O)NCC1CCCC1C(=O)O. The van der Waals surface area contributed by atoms with E-state index in [0.717, 1.165) is 32.1 Å². The number of amides is 2. The maximum absolute atomic E-state index is 11.8. The molecule has 1 fully saturated rings. The molecule has 5 nitrogen and oxygen atoms in total. The molecule has 0 spiro atoms. The summed E-state index contributed by atoms with van der Waals surface area (Å²) in [6, 6.07) is -0.0225. The molecule has 0 aromatic heterocycles. The topological polar surface area (TPSA) is 78.4 Å². The van der Waals surface area contributed by atoms with Crippen LogP contribution < -0.4 is 10.6 Å². The molecule has 0 radical (unpaired) electrons. The zero-order valence-electron chi connectivity index (χ0n) is 13.5. The molecule has 0 aromatic carbocycles. The van der Waals surface area contributed by atoms with Crippen molar-refractivity contribution in [1.82, 2.24) is 10.6 Å². The van der Waals surface area contributed by atoms with Crippen molar-refractivity contribution in [3.8, 4) is 0 Å². The quantitative estimate of drug-likeness (QED) is 0.644. The Labute approximate surface area is 127 Å². The Kier molecular flexibility index (Phi) is 7.54. The lowest BCUT2D eigenvalue weighted by Gasteiger charge is -2.19. The lowest BCUT2D eigenvalue weighted by atomic mass is 9.96. The van der Waals surface area contributed by atoms with Gasteiger partial charge in [-0.15, -0.1) is 0 Å². The lowest BCUT2D eigenvalue weighted by molar-refractivity contribution is -0.142. The van der Waals surface area contributed by atoms with Gasteiger partial charge in [-0.25, -0.2) is 4.79 Å². The summed E-state index contributed by atoms with van der Waals surface area (Å²) in [4.78, 5) is 22.9. The Morgan fingerprint density at radius 3 is 2.52 bits per heavy atom. The van der Waals surface area contributed by atoms with Gasteiger partial charge in [0.25, 0.3) is 0 Å². The van der Waals surface area contributed by atoms with Crippen LogP contribution in [0.1, 0.15) is 59.3 Å². The Balaban J connectivity index is 2.20. The first-order valence-corrected chi connectivity index (χ1v) is 8.17. The van der Waals surface area contributed by atoms with E-state index in [0.29, 0.717) is 12.5 Å². The van der Waals surface area contributed by atoms with Crippen molar-refractivity contribution < 1.29 is 14.7 Å². The largest absolute Gasteiger partial charge is 0.481 e. The molecule has 0 saturated heterocycles. The summed E-state index contributed by atoms with van der Waals surface area (Å²) in [7, 11) is 0. The Morgan fingerprint density at radius 1 is 1.19 bits per heavy atom. The highest BCUT2D eigenvalue weighted by atomic mass is 16.4. The van der Waals surface area contributed by atoms with Gasteiger partial charge in [0, 0.05) is 12.6 Å². The molecule has 0 heterocycles. The average Bonchev–Trinajstić information content (AvgIpc) is 2.84. The number of carboxylic acids is 1. The van der Waals surface area contributed by atoms with Gasteiger partial charge >= 0.3 is 12.0 Å². The average molecular weight is 298 g/mol. The van der Waals surface area contributed by atoms with Gasteiger partial charge in [0.15, 0.2) is 0 Å². The van der Waals surface area contributed by atoms with Crippen LogP contribution in [0.5, 0.6) is 0 Å². The minimum atomic E-state index is -0.734. The summed E-state index contributed by atoms with van der Waals surface area (Å²) in [5.74, 6) is -0.263. The highest BCUT2D eigenvalue weighted by molar-refractivity contribution is 5.74. The van der Waals surface area contributed by atoms with Crippen LogP contribution in [-0.4, -0.2) is 29.7 Å². The molecule has 21 heavy (non-hydrogen) atoms. The Bertz CT molecular complexity index is 344. The van der Waals surface area contributed by atoms with E-state index in [9.17, 15) is 9.59 Å².